The average molecular weight is 502 g/mol. The van der Waals surface area contributed by atoms with Gasteiger partial charge in [-0.2, -0.15) is 9.78 Å². The summed E-state index contributed by atoms with van der Waals surface area (Å²) in [6.45, 7) is 5.96. The van der Waals surface area contributed by atoms with E-state index in [0.717, 1.165) is 18.6 Å². The quantitative estimate of drug-likeness (QED) is 0.301. The molecule has 12 heteroatoms. The van der Waals surface area contributed by atoms with E-state index in [1.807, 2.05) is 13.0 Å². The van der Waals surface area contributed by atoms with Crippen molar-refractivity contribution in [2.75, 3.05) is 13.1 Å². The molecular formula is C23H27N5O6S. The fourth-order valence-corrected chi connectivity index (χ4v) is 4.48. The number of para-hydroxylation sites is 1. The lowest BCUT2D eigenvalue weighted by atomic mass is 10.2. The van der Waals surface area contributed by atoms with E-state index in [1.165, 1.54) is 10.7 Å². The second-order valence-electron chi connectivity index (χ2n) is 7.67. The normalized spacial score (nSPS) is 11.3. The van der Waals surface area contributed by atoms with Crippen LogP contribution in [0.4, 0.5) is 5.69 Å². The molecule has 2 N–H and O–H groups in total. The van der Waals surface area contributed by atoms with Crippen molar-refractivity contribution in [3.63, 3.8) is 0 Å². The predicted molar refractivity (Wildman–Crippen MR) is 130 cm³/mol. The van der Waals surface area contributed by atoms with E-state index in [2.05, 4.69) is 15.1 Å². The zero-order chi connectivity index (χ0) is 25.6. The maximum Gasteiger partial charge on any atom is 0.272 e. The maximum atomic E-state index is 12.9. The highest BCUT2D eigenvalue weighted by molar-refractivity contribution is 7.89. The molecule has 35 heavy (non-hydrogen) atoms. The molecule has 0 saturated carbocycles. The minimum absolute atomic E-state index is 0.110. The van der Waals surface area contributed by atoms with Gasteiger partial charge in [0, 0.05) is 30.8 Å². The molecule has 2 aromatic carbocycles. The lowest BCUT2D eigenvalue weighted by Gasteiger charge is -2.14. The molecule has 0 spiro atoms. The minimum Gasteiger partial charge on any atom is -0.437 e. The maximum absolute atomic E-state index is 12.9. The van der Waals surface area contributed by atoms with Crippen LogP contribution in [0.3, 0.4) is 0 Å². The number of carbonyl (C=O) groups is 1. The second kappa shape index (κ2) is 11.1. The summed E-state index contributed by atoms with van der Waals surface area (Å²) in [6, 6.07) is 12.2. The van der Waals surface area contributed by atoms with Crippen LogP contribution < -0.4 is 14.8 Å². The Morgan fingerprint density at radius 1 is 1.11 bits per heavy atom. The number of nitro benzene ring substituents is 1. The molecule has 186 valence electrons. The van der Waals surface area contributed by atoms with Gasteiger partial charge in [-0.3, -0.25) is 14.9 Å². The molecule has 11 nitrogen and oxygen atoms in total. The first-order valence-corrected chi connectivity index (χ1v) is 12.6. The first-order chi connectivity index (χ1) is 16.7. The number of ether oxygens (including phenoxy) is 1. The Labute approximate surface area is 203 Å². The van der Waals surface area contributed by atoms with Gasteiger partial charge >= 0.3 is 0 Å². The minimum atomic E-state index is -4.13. The van der Waals surface area contributed by atoms with Crippen molar-refractivity contribution in [3.8, 4) is 17.3 Å². The number of aromatic nitrogens is 2. The Morgan fingerprint density at radius 3 is 2.43 bits per heavy atom. The first kappa shape index (κ1) is 25.8. The van der Waals surface area contributed by atoms with Crippen LogP contribution in [0.5, 0.6) is 11.6 Å². The number of rotatable bonds is 11. The first-order valence-electron chi connectivity index (χ1n) is 11.1. The van der Waals surface area contributed by atoms with Crippen LogP contribution in [0.1, 0.15) is 42.7 Å². The number of hydrogen-bond acceptors (Lipinski definition) is 7. The molecule has 1 aromatic heterocycles. The van der Waals surface area contributed by atoms with Crippen molar-refractivity contribution < 1.29 is 22.9 Å². The summed E-state index contributed by atoms with van der Waals surface area (Å²) in [4.78, 5) is 23.0. The Hall–Kier alpha value is -3.77. The molecule has 0 aliphatic heterocycles. The number of carbonyl (C=O) groups excluding carboxylic acids is 1. The van der Waals surface area contributed by atoms with Gasteiger partial charge in [-0.1, -0.05) is 32.0 Å². The highest BCUT2D eigenvalue weighted by Crippen LogP contribution is 2.35. The van der Waals surface area contributed by atoms with Crippen LogP contribution >= 0.6 is 0 Å². The predicted octanol–water partition coefficient (Wildman–Crippen LogP) is 3.71. The van der Waals surface area contributed by atoms with Gasteiger partial charge in [-0.15, -0.1) is 0 Å². The Morgan fingerprint density at radius 2 is 1.80 bits per heavy atom. The number of benzene rings is 2. The number of nitro groups is 1. The summed E-state index contributed by atoms with van der Waals surface area (Å²) in [6.07, 6.45) is 1.27. The fraction of sp³-hybridized carbons (Fsp3) is 0.304. The highest BCUT2D eigenvalue weighted by Gasteiger charge is 2.27. The number of nitrogens with one attached hydrogen (secondary N) is 2. The number of sulfonamides is 1. The van der Waals surface area contributed by atoms with Crippen LogP contribution in [0, 0.1) is 17.0 Å². The van der Waals surface area contributed by atoms with Crippen molar-refractivity contribution in [1.82, 2.24) is 19.8 Å². The molecule has 0 unspecified atom stereocenters. The summed E-state index contributed by atoms with van der Waals surface area (Å²) >= 11 is 0. The van der Waals surface area contributed by atoms with E-state index >= 15 is 0 Å². The molecule has 0 atom stereocenters. The molecular weight excluding hydrogens is 474 g/mol. The standard InChI is InChI=1S/C23H27N5O6S/c1-4-13-24-22(29)21-16(3)23(27(26-21)17-9-7-6-8-10-17)34-19-12-11-18(28(30)31)15-20(19)35(32,33)25-14-5-2/h6-12,15,25H,4-5,13-14H2,1-3H3,(H,24,29). The molecule has 0 fully saturated rings. The average Bonchev–Trinajstić information content (AvgIpc) is 3.17. The summed E-state index contributed by atoms with van der Waals surface area (Å²) < 4.78 is 35.7. The number of hydrogen-bond donors (Lipinski definition) is 2. The van der Waals surface area contributed by atoms with E-state index in [-0.39, 0.29) is 23.9 Å². The number of nitrogens with zero attached hydrogens (tertiary/aromatic N) is 3. The molecule has 3 rings (SSSR count). The zero-order valence-electron chi connectivity index (χ0n) is 19.6. The molecule has 0 radical (unpaired) electrons. The van der Waals surface area contributed by atoms with Gasteiger partial charge in [0.2, 0.25) is 15.9 Å². The summed E-state index contributed by atoms with van der Waals surface area (Å²) in [5, 5.41) is 18.5. The molecule has 0 aliphatic rings. The van der Waals surface area contributed by atoms with Crippen molar-refractivity contribution >= 4 is 21.6 Å². The monoisotopic (exact) mass is 501 g/mol. The third-order valence-electron chi connectivity index (χ3n) is 5.00. The number of amides is 1. The van der Waals surface area contributed by atoms with Crippen molar-refractivity contribution in [1.29, 1.82) is 0 Å². The Bertz CT molecular complexity index is 1320. The van der Waals surface area contributed by atoms with E-state index in [1.54, 1.807) is 38.1 Å². The van der Waals surface area contributed by atoms with Crippen molar-refractivity contribution in [2.45, 2.75) is 38.5 Å². The van der Waals surface area contributed by atoms with E-state index in [4.69, 9.17) is 4.74 Å². The lowest BCUT2D eigenvalue weighted by Crippen LogP contribution is -2.25. The SMILES string of the molecule is CCCNC(=O)c1nn(-c2ccccc2)c(Oc2ccc([N+](=O)[O-])cc2S(=O)(=O)NCCC)c1C. The van der Waals surface area contributed by atoms with Gasteiger partial charge < -0.3 is 10.1 Å². The third-order valence-corrected chi connectivity index (χ3v) is 6.48. The molecule has 3 aromatic rings. The number of non-ortho nitro benzene ring substituents is 1. The van der Waals surface area contributed by atoms with Gasteiger partial charge in [0.25, 0.3) is 11.6 Å². The van der Waals surface area contributed by atoms with Crippen LogP contribution in [0.15, 0.2) is 53.4 Å². The lowest BCUT2D eigenvalue weighted by molar-refractivity contribution is -0.385. The highest BCUT2D eigenvalue weighted by atomic mass is 32.2. The van der Waals surface area contributed by atoms with Gasteiger partial charge in [-0.25, -0.2) is 13.1 Å². The van der Waals surface area contributed by atoms with E-state index in [0.29, 0.717) is 24.2 Å². The van der Waals surface area contributed by atoms with E-state index in [9.17, 15) is 23.3 Å². The van der Waals surface area contributed by atoms with Gasteiger partial charge in [-0.05, 0) is 38.0 Å². The summed E-state index contributed by atoms with van der Waals surface area (Å²) in [5.74, 6) is -0.427. The third kappa shape index (κ3) is 5.84. The fourth-order valence-electron chi connectivity index (χ4n) is 3.21. The smallest absolute Gasteiger partial charge is 0.272 e. The van der Waals surface area contributed by atoms with Gasteiger partial charge in [0.15, 0.2) is 5.69 Å². The second-order valence-corrected chi connectivity index (χ2v) is 9.41. The largest absolute Gasteiger partial charge is 0.437 e. The van der Waals surface area contributed by atoms with Crippen molar-refractivity contribution in [3.05, 3.63) is 69.9 Å². The van der Waals surface area contributed by atoms with Crippen LogP contribution in [0.25, 0.3) is 5.69 Å². The molecule has 0 bridgehead atoms. The summed E-state index contributed by atoms with van der Waals surface area (Å²) in [7, 11) is -4.13. The molecule has 0 aliphatic carbocycles. The van der Waals surface area contributed by atoms with Crippen LogP contribution in [-0.2, 0) is 10.0 Å². The van der Waals surface area contributed by atoms with E-state index < -0.39 is 31.4 Å². The summed E-state index contributed by atoms with van der Waals surface area (Å²) in [5.41, 5.74) is 0.677. The van der Waals surface area contributed by atoms with Crippen LogP contribution in [-0.4, -0.2) is 42.1 Å². The molecule has 1 amide bonds. The van der Waals surface area contributed by atoms with Crippen LogP contribution in [0.2, 0.25) is 0 Å². The van der Waals surface area contributed by atoms with Gasteiger partial charge in [0.1, 0.15) is 10.6 Å². The Kier molecular flexibility index (Phi) is 8.20. The zero-order valence-corrected chi connectivity index (χ0v) is 20.5. The molecule has 1 heterocycles. The van der Waals surface area contributed by atoms with Crippen molar-refractivity contribution in [2.24, 2.45) is 0 Å². The van der Waals surface area contributed by atoms with Gasteiger partial charge in [0.05, 0.1) is 10.6 Å². The Balaban J connectivity index is 2.16. The topological polar surface area (TPSA) is 145 Å². The molecule has 0 saturated heterocycles.